The number of ketones is 1. The van der Waals surface area contributed by atoms with E-state index in [0.29, 0.717) is 17.9 Å². The van der Waals surface area contributed by atoms with Gasteiger partial charge in [0.15, 0.2) is 0 Å². The van der Waals surface area contributed by atoms with Gasteiger partial charge in [-0.25, -0.2) is 0 Å². The van der Waals surface area contributed by atoms with Gasteiger partial charge in [-0.05, 0) is 0 Å². The maximum absolute atomic E-state index is 12.9. The van der Waals surface area contributed by atoms with E-state index in [0.717, 1.165) is 19.6 Å². The number of aromatic nitrogens is 1. The molecule has 0 aliphatic heterocycles. The van der Waals surface area contributed by atoms with Gasteiger partial charge in [-0.15, -0.1) is 0 Å². The zero-order valence-corrected chi connectivity index (χ0v) is 19.2. The van der Waals surface area contributed by atoms with Crippen LogP contribution in [0.1, 0.15) is 47.6 Å². The Hall–Kier alpha value is -2.63. The second-order valence-electron chi connectivity index (χ2n) is 6.95. The van der Waals surface area contributed by atoms with Gasteiger partial charge in [-0.1, -0.05) is 0 Å². The molecule has 158 valence electrons. The van der Waals surface area contributed by atoms with Crippen molar-refractivity contribution < 1.29 is 23.8 Å². The third-order valence-electron chi connectivity index (χ3n) is 5.02. The summed E-state index contributed by atoms with van der Waals surface area (Å²) in [5, 5.41) is 0.970. The van der Waals surface area contributed by atoms with Crippen LogP contribution in [0.4, 0.5) is 0 Å². The van der Waals surface area contributed by atoms with Crippen LogP contribution in [0.25, 0.3) is 9.65 Å². The van der Waals surface area contributed by atoms with Crippen molar-refractivity contribution in [2.75, 3.05) is 14.2 Å². The molecule has 3 aromatic rings. The van der Waals surface area contributed by atoms with Gasteiger partial charge in [0.1, 0.15) is 0 Å². The molecule has 0 radical (unpaired) electrons. The van der Waals surface area contributed by atoms with Crippen LogP contribution in [0.2, 0.25) is 0 Å². The van der Waals surface area contributed by atoms with E-state index in [9.17, 15) is 9.59 Å². The Labute approximate surface area is 181 Å². The third kappa shape index (κ3) is 4.91. The number of rotatable bonds is 9. The minimum atomic E-state index is -0.466. The van der Waals surface area contributed by atoms with Crippen molar-refractivity contribution in [3.63, 3.8) is 0 Å². The molecule has 0 fully saturated rings. The topological polar surface area (TPSA) is 74.7 Å². The number of carbonyl (C=O) groups is 2. The third-order valence-corrected chi connectivity index (χ3v) is 7.41. The molecular weight excluding hydrogens is 449 g/mol. The first kappa shape index (κ1) is 22.1. The number of nitrogens with zero attached hydrogens (tertiary/aromatic N) is 1. The molecule has 0 saturated heterocycles. The van der Waals surface area contributed by atoms with E-state index in [4.69, 9.17) is 14.2 Å². The molecular formula is C23H25NO5Se. The number of hydrogen-bond acceptors (Lipinski definition) is 6. The molecule has 2 aromatic heterocycles. The Bertz CT molecular complexity index is 990. The maximum atomic E-state index is 12.9. The summed E-state index contributed by atoms with van der Waals surface area (Å²) < 4.78 is 18.1. The minimum absolute atomic E-state index is 0.00972. The van der Waals surface area contributed by atoms with E-state index in [1.54, 1.807) is 26.6 Å². The Kier molecular flexibility index (Phi) is 7.29. The van der Waals surface area contributed by atoms with Crippen LogP contribution in [0.3, 0.4) is 0 Å². The number of benzene rings is 1. The standard InChI is InChI=1S/C23H25NO5Se/c1-5-15(23(26)29-14(2)16-6-8-24-9-7-16)10-18(25)22-12-17-11-19(27-3)20(28-4)13-21(17)30-22/h6-9,11-15H,5,10H2,1-4H3/t14?,15-/m1/s1. The fourth-order valence-corrected chi connectivity index (χ4v) is 5.34. The number of Topliss-reactive ketones (excluding diaryl/α,β-unsaturated/α-hetero) is 1. The van der Waals surface area contributed by atoms with E-state index in [-0.39, 0.29) is 38.8 Å². The molecule has 2 heterocycles. The van der Waals surface area contributed by atoms with Crippen LogP contribution in [-0.4, -0.2) is 45.5 Å². The van der Waals surface area contributed by atoms with Gasteiger partial charge in [-0.2, -0.15) is 0 Å². The van der Waals surface area contributed by atoms with Crippen molar-refractivity contribution in [1.29, 1.82) is 0 Å². The van der Waals surface area contributed by atoms with Crippen molar-refractivity contribution in [3.8, 4) is 11.5 Å². The predicted molar refractivity (Wildman–Crippen MR) is 115 cm³/mol. The fourth-order valence-electron chi connectivity index (χ4n) is 3.20. The summed E-state index contributed by atoms with van der Waals surface area (Å²) in [6.07, 6.45) is 3.63. The molecule has 1 aromatic carbocycles. The van der Waals surface area contributed by atoms with Gasteiger partial charge in [0.05, 0.1) is 0 Å². The molecule has 3 rings (SSSR count). The summed E-state index contributed by atoms with van der Waals surface area (Å²) in [5.74, 6) is 0.468. The summed E-state index contributed by atoms with van der Waals surface area (Å²) in [6.45, 7) is 3.72. The average molecular weight is 474 g/mol. The summed E-state index contributed by atoms with van der Waals surface area (Å²) >= 11 is -0.126. The Morgan fingerprint density at radius 1 is 1.07 bits per heavy atom. The molecule has 0 aliphatic rings. The molecule has 0 aliphatic carbocycles. The summed E-state index contributed by atoms with van der Waals surface area (Å²) in [6, 6.07) is 9.34. The van der Waals surface area contributed by atoms with Crippen LogP contribution in [0.15, 0.2) is 42.7 Å². The second-order valence-corrected chi connectivity index (χ2v) is 9.22. The molecule has 6 nitrogen and oxygen atoms in total. The van der Waals surface area contributed by atoms with Crippen LogP contribution in [0.5, 0.6) is 11.5 Å². The monoisotopic (exact) mass is 475 g/mol. The molecule has 0 spiro atoms. The van der Waals surface area contributed by atoms with Crippen molar-refractivity contribution in [1.82, 2.24) is 4.98 Å². The van der Waals surface area contributed by atoms with Crippen molar-refractivity contribution in [2.24, 2.45) is 5.92 Å². The molecule has 2 atom stereocenters. The van der Waals surface area contributed by atoms with Gasteiger partial charge in [0, 0.05) is 0 Å². The number of ether oxygens (including phenoxy) is 3. The number of hydrogen-bond donors (Lipinski definition) is 0. The number of methoxy groups -OCH3 is 2. The van der Waals surface area contributed by atoms with Crippen molar-refractivity contribution in [3.05, 3.63) is 52.7 Å². The van der Waals surface area contributed by atoms with Gasteiger partial charge < -0.3 is 0 Å². The number of fused-ring (bicyclic) bond motifs is 1. The van der Waals surface area contributed by atoms with E-state index >= 15 is 0 Å². The number of esters is 1. The van der Waals surface area contributed by atoms with E-state index in [1.165, 1.54) is 0 Å². The molecule has 0 amide bonds. The van der Waals surface area contributed by atoms with Crippen LogP contribution < -0.4 is 9.47 Å². The molecule has 30 heavy (non-hydrogen) atoms. The van der Waals surface area contributed by atoms with Gasteiger partial charge in [0.25, 0.3) is 0 Å². The quantitative estimate of drug-likeness (QED) is 0.263. The normalized spacial score (nSPS) is 12.9. The molecule has 0 N–H and O–H groups in total. The molecule has 0 bridgehead atoms. The van der Waals surface area contributed by atoms with Crippen LogP contribution >= 0.6 is 0 Å². The van der Waals surface area contributed by atoms with Gasteiger partial charge >= 0.3 is 182 Å². The van der Waals surface area contributed by atoms with Crippen LogP contribution in [-0.2, 0) is 9.53 Å². The van der Waals surface area contributed by atoms with Crippen molar-refractivity contribution in [2.45, 2.75) is 32.8 Å². The Morgan fingerprint density at radius 2 is 1.73 bits per heavy atom. The molecule has 7 heteroatoms. The Morgan fingerprint density at radius 3 is 2.37 bits per heavy atom. The fraction of sp³-hybridized carbons (Fsp3) is 0.348. The van der Waals surface area contributed by atoms with Gasteiger partial charge in [-0.3, -0.25) is 0 Å². The van der Waals surface area contributed by atoms with E-state index < -0.39 is 5.92 Å². The molecule has 1 unspecified atom stereocenters. The zero-order chi connectivity index (χ0) is 21.7. The van der Waals surface area contributed by atoms with E-state index in [1.807, 2.05) is 44.2 Å². The average Bonchev–Trinajstić information content (AvgIpc) is 3.19. The van der Waals surface area contributed by atoms with Gasteiger partial charge in [0.2, 0.25) is 0 Å². The second kappa shape index (κ2) is 9.92. The Balaban J connectivity index is 1.72. The first-order valence-corrected chi connectivity index (χ1v) is 11.5. The predicted octanol–water partition coefficient (Wildman–Crippen LogP) is 4.21. The zero-order valence-electron chi connectivity index (χ0n) is 17.5. The summed E-state index contributed by atoms with van der Waals surface area (Å²) in [5.41, 5.74) is 0.875. The summed E-state index contributed by atoms with van der Waals surface area (Å²) in [4.78, 5) is 29.6. The van der Waals surface area contributed by atoms with E-state index in [2.05, 4.69) is 4.98 Å². The SMILES string of the molecule is CC[C@H](CC(=O)c1cc2cc(OC)c(OC)cc2[se]1)C(=O)OC(C)c1ccncc1. The molecule has 0 saturated carbocycles. The summed E-state index contributed by atoms with van der Waals surface area (Å²) in [7, 11) is 3.18. The first-order valence-electron chi connectivity index (χ1n) is 9.76. The van der Waals surface area contributed by atoms with Crippen LogP contribution in [0, 0.1) is 5.92 Å². The number of carbonyl (C=O) groups excluding carboxylic acids is 2. The van der Waals surface area contributed by atoms with Crippen molar-refractivity contribution >= 4 is 35.9 Å². The first-order chi connectivity index (χ1) is 14.5. The number of pyridine rings is 1.